The fraction of sp³-hybridized carbons (Fsp3) is 0.200. The van der Waals surface area contributed by atoms with E-state index in [0.717, 1.165) is 10.4 Å². The normalized spacial score (nSPS) is 11.0. The van der Waals surface area contributed by atoms with Crippen LogP contribution in [-0.4, -0.2) is 0 Å². The topological polar surface area (TPSA) is 0 Å². The average Bonchev–Trinajstić information content (AvgIpc) is 2.42. The first-order chi connectivity index (χ1) is 6.22. The molecule has 0 fully saturated rings. The van der Waals surface area contributed by atoms with Gasteiger partial charge in [0.1, 0.15) is 0 Å². The van der Waals surface area contributed by atoms with E-state index in [1.807, 2.05) is 0 Å². The molecule has 2 rings (SSSR count). The fourth-order valence-electron chi connectivity index (χ4n) is 1.32. The molecule has 0 unspecified atom stereocenters. The zero-order valence-corrected chi connectivity index (χ0v) is 10.3. The van der Waals surface area contributed by atoms with Crippen molar-refractivity contribution in [2.24, 2.45) is 0 Å². The molecule has 2 aromatic rings. The van der Waals surface area contributed by atoms with Gasteiger partial charge in [0.05, 0.1) is 5.02 Å². The molecule has 1 aromatic heterocycles. The van der Waals surface area contributed by atoms with Crippen LogP contribution in [0, 0.1) is 6.92 Å². The van der Waals surface area contributed by atoms with E-state index in [4.69, 9.17) is 11.6 Å². The van der Waals surface area contributed by atoms with Crippen molar-refractivity contribution in [3.8, 4) is 0 Å². The van der Waals surface area contributed by atoms with Gasteiger partial charge < -0.3 is 0 Å². The van der Waals surface area contributed by atoms with Crippen molar-refractivity contribution in [1.29, 1.82) is 0 Å². The number of fused-ring (bicyclic) bond motifs is 1. The van der Waals surface area contributed by atoms with Gasteiger partial charge in [-0.05, 0) is 18.6 Å². The molecule has 0 saturated heterocycles. The predicted molar refractivity (Wildman–Crippen MR) is 64.2 cm³/mol. The second-order valence-corrected chi connectivity index (χ2v) is 5.13. The minimum absolute atomic E-state index is 0.900. The van der Waals surface area contributed by atoms with Crippen LogP contribution >= 0.6 is 38.9 Å². The first kappa shape index (κ1) is 9.50. The number of thiophene rings is 1. The van der Waals surface area contributed by atoms with Crippen molar-refractivity contribution < 1.29 is 0 Å². The highest BCUT2D eigenvalue weighted by Gasteiger charge is 2.06. The van der Waals surface area contributed by atoms with E-state index in [9.17, 15) is 0 Å². The zero-order chi connectivity index (χ0) is 9.42. The molecule has 68 valence electrons. The molecule has 0 N–H and O–H groups in total. The van der Waals surface area contributed by atoms with Crippen LogP contribution < -0.4 is 0 Å². The number of hydrogen-bond acceptors (Lipinski definition) is 1. The van der Waals surface area contributed by atoms with E-state index in [2.05, 4.69) is 41.1 Å². The summed E-state index contributed by atoms with van der Waals surface area (Å²) in [6.45, 7) is 2.06. The van der Waals surface area contributed by atoms with E-state index in [1.165, 1.54) is 20.5 Å². The third kappa shape index (κ3) is 1.63. The molecule has 13 heavy (non-hydrogen) atoms. The van der Waals surface area contributed by atoms with Crippen molar-refractivity contribution in [2.75, 3.05) is 0 Å². The van der Waals surface area contributed by atoms with Crippen molar-refractivity contribution >= 4 is 49.0 Å². The summed E-state index contributed by atoms with van der Waals surface area (Å²) in [7, 11) is 0. The van der Waals surface area contributed by atoms with Crippen molar-refractivity contribution in [3.63, 3.8) is 0 Å². The van der Waals surface area contributed by atoms with Gasteiger partial charge in [0.15, 0.2) is 0 Å². The number of benzene rings is 1. The summed E-state index contributed by atoms with van der Waals surface area (Å²) in [6, 6.07) is 6.39. The number of halogens is 2. The molecular weight excluding hydrogens is 268 g/mol. The summed E-state index contributed by atoms with van der Waals surface area (Å²) < 4.78 is 1.28. The molecule has 0 amide bonds. The summed E-state index contributed by atoms with van der Waals surface area (Å²) in [5.74, 6) is 0. The van der Waals surface area contributed by atoms with Gasteiger partial charge in [-0.1, -0.05) is 39.7 Å². The summed E-state index contributed by atoms with van der Waals surface area (Å²) in [6.07, 6.45) is 0. The maximum absolute atomic E-state index is 6.14. The monoisotopic (exact) mass is 274 g/mol. The number of alkyl halides is 1. The Balaban J connectivity index is 2.73. The van der Waals surface area contributed by atoms with Crippen LogP contribution in [0.1, 0.15) is 10.4 Å². The van der Waals surface area contributed by atoms with Gasteiger partial charge in [0.2, 0.25) is 0 Å². The average molecular weight is 276 g/mol. The van der Waals surface area contributed by atoms with Gasteiger partial charge in [-0.25, -0.2) is 0 Å². The lowest BCUT2D eigenvalue weighted by molar-refractivity contribution is 1.47. The van der Waals surface area contributed by atoms with Gasteiger partial charge >= 0.3 is 0 Å². The summed E-state index contributed by atoms with van der Waals surface area (Å²) in [5, 5.41) is 2.98. The number of rotatable bonds is 1. The van der Waals surface area contributed by atoms with Gasteiger partial charge in [-0.15, -0.1) is 11.3 Å². The Bertz CT molecular complexity index is 447. The van der Waals surface area contributed by atoms with Crippen LogP contribution in [0.4, 0.5) is 0 Å². The van der Waals surface area contributed by atoms with Gasteiger partial charge in [-0.2, -0.15) is 0 Å². The van der Waals surface area contributed by atoms with Crippen LogP contribution in [0.15, 0.2) is 18.2 Å². The van der Waals surface area contributed by atoms with Crippen molar-refractivity contribution in [2.45, 2.75) is 12.3 Å². The third-order valence-electron chi connectivity index (χ3n) is 2.01. The lowest BCUT2D eigenvalue weighted by Crippen LogP contribution is -1.74. The lowest BCUT2D eigenvalue weighted by atomic mass is 10.2. The first-order valence-corrected chi connectivity index (χ1v) is 6.27. The maximum atomic E-state index is 6.14. The molecule has 0 radical (unpaired) electrons. The van der Waals surface area contributed by atoms with Crippen LogP contribution in [-0.2, 0) is 5.33 Å². The fourth-order valence-corrected chi connectivity index (χ4v) is 3.02. The standard InChI is InChI=1S/C10H8BrClS/c1-6-10(12)8-3-2-7(5-11)4-9(8)13-6/h2-4H,5H2,1H3. The third-order valence-corrected chi connectivity index (χ3v) is 4.32. The van der Waals surface area contributed by atoms with Crippen LogP contribution in [0.2, 0.25) is 5.02 Å². The smallest absolute Gasteiger partial charge is 0.0620 e. The summed E-state index contributed by atoms with van der Waals surface area (Å²) >= 11 is 11.3. The van der Waals surface area contributed by atoms with Crippen LogP contribution in [0.5, 0.6) is 0 Å². The SMILES string of the molecule is Cc1sc2cc(CBr)ccc2c1Cl. The molecule has 1 heterocycles. The van der Waals surface area contributed by atoms with Crippen molar-refractivity contribution in [1.82, 2.24) is 0 Å². The first-order valence-electron chi connectivity index (χ1n) is 3.96. The molecule has 3 heteroatoms. The Morgan fingerprint density at radius 3 is 2.92 bits per heavy atom. The van der Waals surface area contributed by atoms with Crippen LogP contribution in [0.3, 0.4) is 0 Å². The van der Waals surface area contributed by atoms with E-state index in [0.29, 0.717) is 0 Å². The van der Waals surface area contributed by atoms with Gasteiger partial charge in [0.25, 0.3) is 0 Å². The van der Waals surface area contributed by atoms with E-state index >= 15 is 0 Å². The summed E-state index contributed by atoms with van der Waals surface area (Å²) in [5.41, 5.74) is 1.30. The quantitative estimate of drug-likeness (QED) is 0.658. The highest BCUT2D eigenvalue weighted by atomic mass is 79.9. The molecule has 0 atom stereocenters. The molecule has 0 spiro atoms. The van der Waals surface area contributed by atoms with E-state index in [1.54, 1.807) is 11.3 Å². The number of hydrogen-bond donors (Lipinski definition) is 0. The predicted octanol–water partition coefficient (Wildman–Crippen LogP) is 4.76. The molecule has 0 aliphatic rings. The molecule has 1 aromatic carbocycles. The van der Waals surface area contributed by atoms with Crippen LogP contribution in [0.25, 0.3) is 10.1 Å². The Hall–Kier alpha value is -0.0500. The van der Waals surface area contributed by atoms with E-state index < -0.39 is 0 Å². The van der Waals surface area contributed by atoms with Gasteiger partial charge in [-0.3, -0.25) is 0 Å². The zero-order valence-electron chi connectivity index (χ0n) is 7.10. The van der Waals surface area contributed by atoms with Gasteiger partial charge in [0, 0.05) is 20.3 Å². The minimum Gasteiger partial charge on any atom is -0.139 e. The maximum Gasteiger partial charge on any atom is 0.0620 e. The Morgan fingerprint density at radius 1 is 1.46 bits per heavy atom. The molecule has 0 bridgehead atoms. The summed E-state index contributed by atoms with van der Waals surface area (Å²) in [4.78, 5) is 1.20. The molecule has 0 aliphatic carbocycles. The largest absolute Gasteiger partial charge is 0.139 e. The highest BCUT2D eigenvalue weighted by Crippen LogP contribution is 2.35. The second kappa shape index (κ2) is 3.60. The van der Waals surface area contributed by atoms with E-state index in [-0.39, 0.29) is 0 Å². The van der Waals surface area contributed by atoms with Crippen molar-refractivity contribution in [3.05, 3.63) is 33.7 Å². The second-order valence-electron chi connectivity index (χ2n) is 2.94. The Labute approximate surface area is 94.7 Å². The lowest BCUT2D eigenvalue weighted by Gasteiger charge is -1.94. The molecule has 0 aliphatic heterocycles. The molecule has 0 nitrogen and oxygen atoms in total. The Morgan fingerprint density at radius 2 is 2.23 bits per heavy atom. The minimum atomic E-state index is 0.900. The number of aryl methyl sites for hydroxylation is 1. The molecule has 0 saturated carbocycles. The molecular formula is C10H8BrClS. The Kier molecular flexibility index (Phi) is 2.63. The highest BCUT2D eigenvalue weighted by molar-refractivity contribution is 9.08.